The zero-order valence-electron chi connectivity index (χ0n) is 17.5. The van der Waals surface area contributed by atoms with Crippen molar-refractivity contribution in [3.63, 3.8) is 0 Å². The van der Waals surface area contributed by atoms with Gasteiger partial charge in [0.05, 0.1) is 13.0 Å². The predicted octanol–water partition coefficient (Wildman–Crippen LogP) is 3.35. The highest BCUT2D eigenvalue weighted by Gasteiger charge is 2.30. The third kappa shape index (κ3) is 5.37. The number of carbonyl (C=O) groups excluding carboxylic acids is 2. The van der Waals surface area contributed by atoms with Crippen molar-refractivity contribution in [3.8, 4) is 5.75 Å². The Morgan fingerprint density at radius 3 is 2.41 bits per heavy atom. The number of ether oxygens (including phenoxy) is 1. The molecular weight excluding hydrogens is 364 g/mol. The average molecular weight is 395 g/mol. The Kier molecular flexibility index (Phi) is 6.91. The van der Waals surface area contributed by atoms with Crippen molar-refractivity contribution in [2.24, 2.45) is 5.92 Å². The smallest absolute Gasteiger partial charge is 0.245 e. The minimum atomic E-state index is -0.518. The van der Waals surface area contributed by atoms with Crippen molar-refractivity contribution < 1.29 is 14.3 Å². The fourth-order valence-electron chi connectivity index (χ4n) is 3.67. The van der Waals surface area contributed by atoms with Gasteiger partial charge in [-0.15, -0.1) is 0 Å². The number of amides is 2. The number of carbonyl (C=O) groups is 2. The molecule has 1 aliphatic rings. The minimum absolute atomic E-state index is 0.00505. The lowest BCUT2D eigenvalue weighted by molar-refractivity contribution is -0.138. The zero-order valence-corrected chi connectivity index (χ0v) is 17.5. The predicted molar refractivity (Wildman–Crippen MR) is 114 cm³/mol. The van der Waals surface area contributed by atoms with E-state index < -0.39 is 6.04 Å². The van der Waals surface area contributed by atoms with Gasteiger partial charge in [0.1, 0.15) is 11.8 Å². The summed E-state index contributed by atoms with van der Waals surface area (Å²) in [6.45, 7) is 7.78. The molecule has 0 bridgehead atoms. The Morgan fingerprint density at radius 2 is 1.76 bits per heavy atom. The second-order valence-electron chi connectivity index (χ2n) is 7.82. The van der Waals surface area contributed by atoms with Crippen molar-refractivity contribution >= 4 is 11.8 Å². The lowest BCUT2D eigenvalue weighted by atomic mass is 9.97. The van der Waals surface area contributed by atoms with Gasteiger partial charge < -0.3 is 15.0 Å². The first-order valence-electron chi connectivity index (χ1n) is 10.3. The molecule has 2 aromatic carbocycles. The monoisotopic (exact) mass is 394 g/mol. The van der Waals surface area contributed by atoms with E-state index in [9.17, 15) is 9.59 Å². The Morgan fingerprint density at radius 1 is 1.07 bits per heavy atom. The van der Waals surface area contributed by atoms with Gasteiger partial charge in [-0.3, -0.25) is 9.59 Å². The Balaban J connectivity index is 1.62. The number of rotatable bonds is 7. The highest BCUT2D eigenvalue weighted by Crippen LogP contribution is 2.20. The van der Waals surface area contributed by atoms with E-state index in [0.717, 1.165) is 17.7 Å². The van der Waals surface area contributed by atoms with Crippen LogP contribution in [-0.4, -0.2) is 35.9 Å². The van der Waals surface area contributed by atoms with Crippen LogP contribution in [0.1, 0.15) is 37.5 Å². The SMILES string of the molecule is CCOc1ccc(CC(=O)N[C@@H](C(=O)N2CCc3ccccc3C2)C(C)C)cc1. The van der Waals surface area contributed by atoms with E-state index in [1.54, 1.807) is 0 Å². The molecule has 1 N–H and O–H groups in total. The normalized spacial score (nSPS) is 14.3. The largest absolute Gasteiger partial charge is 0.494 e. The highest BCUT2D eigenvalue weighted by atomic mass is 16.5. The molecule has 2 amide bonds. The van der Waals surface area contributed by atoms with Crippen molar-refractivity contribution in [2.75, 3.05) is 13.2 Å². The molecule has 1 atom stereocenters. The first-order chi connectivity index (χ1) is 14.0. The van der Waals surface area contributed by atoms with Gasteiger partial charge in [0.2, 0.25) is 11.8 Å². The molecular formula is C24H30N2O3. The van der Waals surface area contributed by atoms with Crippen molar-refractivity contribution in [1.82, 2.24) is 10.2 Å². The van der Waals surface area contributed by atoms with E-state index in [1.165, 1.54) is 11.1 Å². The molecule has 154 valence electrons. The first-order valence-corrected chi connectivity index (χ1v) is 10.3. The molecule has 29 heavy (non-hydrogen) atoms. The van der Waals surface area contributed by atoms with Crippen molar-refractivity contribution in [3.05, 3.63) is 65.2 Å². The first kappa shape index (κ1) is 20.9. The quantitative estimate of drug-likeness (QED) is 0.783. The third-order valence-electron chi connectivity index (χ3n) is 5.29. The van der Waals surface area contributed by atoms with Gasteiger partial charge in [0, 0.05) is 13.1 Å². The lowest BCUT2D eigenvalue weighted by Gasteiger charge is -2.33. The van der Waals surface area contributed by atoms with Crippen molar-refractivity contribution in [2.45, 2.75) is 46.2 Å². The summed E-state index contributed by atoms with van der Waals surface area (Å²) < 4.78 is 5.43. The van der Waals surface area contributed by atoms with Crippen LogP contribution in [0.5, 0.6) is 5.75 Å². The topological polar surface area (TPSA) is 58.6 Å². The number of nitrogens with zero attached hydrogens (tertiary/aromatic N) is 1. The van der Waals surface area contributed by atoms with E-state index in [-0.39, 0.29) is 24.2 Å². The molecule has 1 aliphatic heterocycles. The van der Waals surface area contributed by atoms with Gasteiger partial charge in [0.25, 0.3) is 0 Å². The Labute approximate surface area is 173 Å². The molecule has 0 fully saturated rings. The summed E-state index contributed by atoms with van der Waals surface area (Å²) in [6.07, 6.45) is 1.10. The summed E-state index contributed by atoms with van der Waals surface area (Å²) in [5.41, 5.74) is 3.39. The van der Waals surface area contributed by atoms with E-state index in [2.05, 4.69) is 17.4 Å². The van der Waals surface area contributed by atoms with Crippen LogP contribution in [-0.2, 0) is 29.0 Å². The summed E-state index contributed by atoms with van der Waals surface area (Å²) in [5.74, 6) is 0.661. The second kappa shape index (κ2) is 9.59. The van der Waals surface area contributed by atoms with Gasteiger partial charge in [0.15, 0.2) is 0 Å². The van der Waals surface area contributed by atoms with Gasteiger partial charge >= 0.3 is 0 Å². The van der Waals surface area contributed by atoms with Crippen LogP contribution in [0.2, 0.25) is 0 Å². The summed E-state index contributed by atoms with van der Waals surface area (Å²) in [5, 5.41) is 2.96. The van der Waals surface area contributed by atoms with Crippen LogP contribution in [0, 0.1) is 5.92 Å². The highest BCUT2D eigenvalue weighted by molar-refractivity contribution is 5.88. The maximum Gasteiger partial charge on any atom is 0.245 e. The minimum Gasteiger partial charge on any atom is -0.494 e. The standard InChI is InChI=1S/C24H30N2O3/c1-4-29-21-11-9-18(10-12-21)15-22(27)25-23(17(2)3)24(28)26-14-13-19-7-5-6-8-20(19)16-26/h5-12,17,23H,4,13-16H2,1-3H3,(H,25,27)/t23-/m1/s1. The van der Waals surface area contributed by atoms with Crippen LogP contribution in [0.15, 0.2) is 48.5 Å². The maximum atomic E-state index is 13.1. The zero-order chi connectivity index (χ0) is 20.8. The molecule has 5 heteroatoms. The number of fused-ring (bicyclic) bond motifs is 1. The molecule has 3 rings (SSSR count). The fraction of sp³-hybridized carbons (Fsp3) is 0.417. The van der Waals surface area contributed by atoms with Crippen LogP contribution < -0.4 is 10.1 Å². The fourth-order valence-corrected chi connectivity index (χ4v) is 3.67. The molecule has 0 spiro atoms. The Hall–Kier alpha value is -2.82. The van der Waals surface area contributed by atoms with Crippen LogP contribution in [0.3, 0.4) is 0 Å². The van der Waals surface area contributed by atoms with E-state index in [4.69, 9.17) is 4.74 Å². The van der Waals surface area contributed by atoms with Crippen LogP contribution >= 0.6 is 0 Å². The summed E-state index contributed by atoms with van der Waals surface area (Å²) in [6, 6.07) is 15.2. The Bertz CT molecular complexity index is 845. The lowest BCUT2D eigenvalue weighted by Crippen LogP contribution is -2.52. The third-order valence-corrected chi connectivity index (χ3v) is 5.29. The number of hydrogen-bond donors (Lipinski definition) is 1. The molecule has 1 heterocycles. The van der Waals surface area contributed by atoms with E-state index in [0.29, 0.717) is 19.7 Å². The molecule has 2 aromatic rings. The maximum absolute atomic E-state index is 13.1. The molecule has 0 aromatic heterocycles. The van der Waals surface area contributed by atoms with E-state index in [1.807, 2.05) is 62.1 Å². The van der Waals surface area contributed by atoms with Crippen LogP contribution in [0.25, 0.3) is 0 Å². The summed E-state index contributed by atoms with van der Waals surface area (Å²) in [4.78, 5) is 27.6. The molecule has 0 radical (unpaired) electrons. The van der Waals surface area contributed by atoms with Gasteiger partial charge in [-0.05, 0) is 48.1 Å². The summed E-state index contributed by atoms with van der Waals surface area (Å²) in [7, 11) is 0. The number of nitrogens with one attached hydrogen (secondary N) is 1. The molecule has 5 nitrogen and oxygen atoms in total. The van der Waals surface area contributed by atoms with Crippen LogP contribution in [0.4, 0.5) is 0 Å². The van der Waals surface area contributed by atoms with Crippen molar-refractivity contribution in [1.29, 1.82) is 0 Å². The van der Waals surface area contributed by atoms with Gasteiger partial charge in [-0.1, -0.05) is 50.2 Å². The molecule has 0 unspecified atom stereocenters. The molecule has 0 saturated heterocycles. The second-order valence-corrected chi connectivity index (χ2v) is 7.82. The summed E-state index contributed by atoms with van der Waals surface area (Å²) >= 11 is 0. The number of benzene rings is 2. The average Bonchev–Trinajstić information content (AvgIpc) is 2.72. The molecule has 0 aliphatic carbocycles. The number of hydrogen-bond acceptors (Lipinski definition) is 3. The van der Waals surface area contributed by atoms with Gasteiger partial charge in [-0.2, -0.15) is 0 Å². The van der Waals surface area contributed by atoms with E-state index >= 15 is 0 Å². The van der Waals surface area contributed by atoms with Gasteiger partial charge in [-0.25, -0.2) is 0 Å². The molecule has 0 saturated carbocycles.